The molecule has 0 radical (unpaired) electrons. The molecule has 1 saturated heterocycles. The number of aryl methyl sites for hydroxylation is 1. The number of nitrogens with zero attached hydrogens (tertiary/aromatic N) is 3. The first kappa shape index (κ1) is 18.7. The predicted molar refractivity (Wildman–Crippen MR) is 109 cm³/mol. The van der Waals surface area contributed by atoms with Crippen LogP contribution in [0, 0.1) is 0 Å². The van der Waals surface area contributed by atoms with Crippen molar-refractivity contribution in [2.24, 2.45) is 7.05 Å². The molecule has 2 heterocycles. The lowest BCUT2D eigenvalue weighted by Crippen LogP contribution is -2.50. The maximum absolute atomic E-state index is 13.0. The lowest BCUT2D eigenvalue weighted by Gasteiger charge is -2.34. The molecule has 7 heteroatoms. The zero-order valence-corrected chi connectivity index (χ0v) is 16.6. The lowest BCUT2D eigenvalue weighted by atomic mass is 10.1. The summed E-state index contributed by atoms with van der Waals surface area (Å²) in [5.74, 6) is -0.0534. The van der Waals surface area contributed by atoms with E-state index in [-0.39, 0.29) is 11.7 Å². The van der Waals surface area contributed by atoms with Crippen LogP contribution in [0.2, 0.25) is 0 Å². The average molecular weight is 398 g/mol. The molecule has 2 aromatic carbocycles. The summed E-state index contributed by atoms with van der Waals surface area (Å²) < 4.78 is 28.8. The molecule has 1 aromatic heterocycles. The number of rotatable bonds is 4. The van der Waals surface area contributed by atoms with Crippen LogP contribution in [0.5, 0.6) is 0 Å². The van der Waals surface area contributed by atoms with E-state index in [0.717, 1.165) is 16.5 Å². The summed E-state index contributed by atoms with van der Waals surface area (Å²) in [5.41, 5.74) is 2.45. The fraction of sp³-hybridized carbons (Fsp3) is 0.286. The Morgan fingerprint density at radius 1 is 0.929 bits per heavy atom. The monoisotopic (exact) mass is 397 g/mol. The van der Waals surface area contributed by atoms with Crippen molar-refractivity contribution < 1.29 is 13.2 Å². The predicted octanol–water partition coefficient (Wildman–Crippen LogP) is 2.47. The molecule has 6 nitrogen and oxygen atoms in total. The van der Waals surface area contributed by atoms with Crippen molar-refractivity contribution in [2.75, 3.05) is 26.2 Å². The van der Waals surface area contributed by atoms with Gasteiger partial charge in [0.1, 0.15) is 0 Å². The van der Waals surface area contributed by atoms with Crippen LogP contribution in [0.15, 0.2) is 60.8 Å². The van der Waals surface area contributed by atoms with E-state index in [4.69, 9.17) is 0 Å². The highest BCUT2D eigenvalue weighted by Crippen LogP contribution is 2.23. The number of hydrogen-bond donors (Lipinski definition) is 0. The summed E-state index contributed by atoms with van der Waals surface area (Å²) in [4.78, 5) is 14.8. The number of amides is 1. The molecule has 1 fully saturated rings. The third kappa shape index (κ3) is 3.55. The van der Waals surface area contributed by atoms with Crippen molar-refractivity contribution in [3.05, 3.63) is 71.9 Å². The van der Waals surface area contributed by atoms with E-state index in [0.29, 0.717) is 31.7 Å². The SMILES string of the molecule is Cn1cc(C(=O)N2CCN(S(=O)(=O)Cc3ccccc3)CC2)c2ccccc21. The van der Waals surface area contributed by atoms with E-state index in [9.17, 15) is 13.2 Å². The first-order valence-electron chi connectivity index (χ1n) is 9.31. The number of piperazine rings is 1. The molecule has 1 amide bonds. The number of carbonyl (C=O) groups excluding carboxylic acids is 1. The molecule has 146 valence electrons. The Bertz CT molecular complexity index is 1100. The Balaban J connectivity index is 1.46. The standard InChI is InChI=1S/C21H23N3O3S/c1-22-15-19(18-9-5-6-10-20(18)22)21(25)23-11-13-24(14-12-23)28(26,27)16-17-7-3-2-4-8-17/h2-10,15H,11-14,16H2,1H3. The maximum atomic E-state index is 13.0. The summed E-state index contributed by atoms with van der Waals surface area (Å²) in [7, 11) is -1.47. The zero-order valence-electron chi connectivity index (χ0n) is 15.8. The van der Waals surface area contributed by atoms with Gasteiger partial charge in [-0.25, -0.2) is 8.42 Å². The largest absolute Gasteiger partial charge is 0.350 e. The second-order valence-corrected chi connectivity index (χ2v) is 9.07. The minimum absolute atomic E-state index is 0.00882. The summed E-state index contributed by atoms with van der Waals surface area (Å²) in [6.45, 7) is 1.45. The fourth-order valence-corrected chi connectivity index (χ4v) is 5.24. The van der Waals surface area contributed by atoms with Gasteiger partial charge in [0.05, 0.1) is 11.3 Å². The van der Waals surface area contributed by atoms with Crippen LogP contribution in [-0.2, 0) is 22.8 Å². The van der Waals surface area contributed by atoms with Crippen LogP contribution in [0.3, 0.4) is 0 Å². The van der Waals surface area contributed by atoms with Gasteiger partial charge in [0, 0.05) is 50.3 Å². The summed E-state index contributed by atoms with van der Waals surface area (Å²) >= 11 is 0. The Morgan fingerprint density at radius 2 is 1.57 bits per heavy atom. The van der Waals surface area contributed by atoms with Gasteiger partial charge in [-0.2, -0.15) is 4.31 Å². The highest BCUT2D eigenvalue weighted by molar-refractivity contribution is 7.88. The number of sulfonamides is 1. The molecule has 0 N–H and O–H groups in total. The Labute approximate surface area is 165 Å². The highest BCUT2D eigenvalue weighted by atomic mass is 32.2. The summed E-state index contributed by atoms with van der Waals surface area (Å²) in [6, 6.07) is 17.0. The number of para-hydroxylation sites is 1. The van der Waals surface area contributed by atoms with Gasteiger partial charge in [-0.1, -0.05) is 48.5 Å². The normalized spacial score (nSPS) is 15.8. The molecule has 0 aliphatic carbocycles. The summed E-state index contributed by atoms with van der Waals surface area (Å²) in [6.07, 6.45) is 1.85. The number of aromatic nitrogens is 1. The Kier molecular flexibility index (Phi) is 4.95. The van der Waals surface area contributed by atoms with Crippen molar-refractivity contribution >= 4 is 26.8 Å². The van der Waals surface area contributed by atoms with Crippen LogP contribution in [0.25, 0.3) is 10.9 Å². The molecule has 1 aliphatic rings. The van der Waals surface area contributed by atoms with Gasteiger partial charge in [0.2, 0.25) is 10.0 Å². The molecule has 0 saturated carbocycles. The van der Waals surface area contributed by atoms with Gasteiger partial charge in [0.25, 0.3) is 5.91 Å². The second kappa shape index (κ2) is 7.41. The van der Waals surface area contributed by atoms with Crippen LogP contribution in [-0.4, -0.2) is 54.3 Å². The third-order valence-electron chi connectivity index (χ3n) is 5.24. The molecule has 0 spiro atoms. The molecule has 3 aromatic rings. The highest BCUT2D eigenvalue weighted by Gasteiger charge is 2.30. The lowest BCUT2D eigenvalue weighted by molar-refractivity contribution is 0.0699. The molecule has 0 atom stereocenters. The van der Waals surface area contributed by atoms with E-state index < -0.39 is 10.0 Å². The van der Waals surface area contributed by atoms with Gasteiger partial charge in [-0.15, -0.1) is 0 Å². The second-order valence-electron chi connectivity index (χ2n) is 7.10. The molecular weight excluding hydrogens is 374 g/mol. The van der Waals surface area contributed by atoms with Crippen LogP contribution >= 0.6 is 0 Å². The maximum Gasteiger partial charge on any atom is 0.256 e. The zero-order chi connectivity index (χ0) is 19.7. The van der Waals surface area contributed by atoms with Gasteiger partial charge in [0.15, 0.2) is 0 Å². The third-order valence-corrected chi connectivity index (χ3v) is 7.09. The van der Waals surface area contributed by atoms with Crippen molar-refractivity contribution in [1.82, 2.24) is 13.8 Å². The van der Waals surface area contributed by atoms with Crippen molar-refractivity contribution in [2.45, 2.75) is 5.75 Å². The van der Waals surface area contributed by atoms with Crippen LogP contribution < -0.4 is 0 Å². The molecule has 0 unspecified atom stereocenters. The van der Waals surface area contributed by atoms with E-state index in [1.54, 1.807) is 4.90 Å². The van der Waals surface area contributed by atoms with Crippen molar-refractivity contribution in [3.8, 4) is 0 Å². The average Bonchev–Trinajstić information content (AvgIpc) is 3.05. The molecule has 28 heavy (non-hydrogen) atoms. The first-order valence-corrected chi connectivity index (χ1v) is 10.9. The number of hydrogen-bond acceptors (Lipinski definition) is 3. The summed E-state index contributed by atoms with van der Waals surface area (Å²) in [5, 5.41) is 0.925. The van der Waals surface area contributed by atoms with Gasteiger partial charge < -0.3 is 9.47 Å². The van der Waals surface area contributed by atoms with Crippen LogP contribution in [0.4, 0.5) is 0 Å². The van der Waals surface area contributed by atoms with Gasteiger partial charge >= 0.3 is 0 Å². The van der Waals surface area contributed by atoms with E-state index in [1.807, 2.05) is 72.4 Å². The molecule has 1 aliphatic heterocycles. The van der Waals surface area contributed by atoms with E-state index in [2.05, 4.69) is 0 Å². The van der Waals surface area contributed by atoms with Crippen molar-refractivity contribution in [3.63, 3.8) is 0 Å². The Morgan fingerprint density at radius 3 is 2.29 bits per heavy atom. The number of fused-ring (bicyclic) bond motifs is 1. The minimum Gasteiger partial charge on any atom is -0.350 e. The van der Waals surface area contributed by atoms with Crippen LogP contribution in [0.1, 0.15) is 15.9 Å². The number of carbonyl (C=O) groups is 1. The van der Waals surface area contributed by atoms with Crippen molar-refractivity contribution in [1.29, 1.82) is 0 Å². The van der Waals surface area contributed by atoms with E-state index in [1.165, 1.54) is 4.31 Å². The number of benzene rings is 2. The topological polar surface area (TPSA) is 62.6 Å². The fourth-order valence-electron chi connectivity index (χ4n) is 3.73. The minimum atomic E-state index is -3.39. The van der Waals surface area contributed by atoms with E-state index >= 15 is 0 Å². The van der Waals surface area contributed by atoms with Gasteiger partial charge in [-0.3, -0.25) is 4.79 Å². The van der Waals surface area contributed by atoms with Gasteiger partial charge in [-0.05, 0) is 11.6 Å². The Hall–Kier alpha value is -2.64. The molecule has 4 rings (SSSR count). The quantitative estimate of drug-likeness (QED) is 0.679. The molecule has 0 bridgehead atoms. The molecular formula is C21H23N3O3S. The first-order chi connectivity index (χ1) is 13.5. The smallest absolute Gasteiger partial charge is 0.256 e.